The quantitative estimate of drug-likeness (QED) is 0.630. The molecule has 0 aliphatic carbocycles. The van der Waals surface area contributed by atoms with Crippen LogP contribution >= 0.6 is 0 Å². The minimum atomic E-state index is -2.94. The molecule has 1 aromatic heterocycles. The predicted octanol–water partition coefficient (Wildman–Crippen LogP) is 0.539. The molecule has 1 aromatic carbocycles. The fourth-order valence-corrected chi connectivity index (χ4v) is 4.42. The van der Waals surface area contributed by atoms with Crippen molar-refractivity contribution in [2.45, 2.75) is 12.5 Å². The Morgan fingerprint density at radius 3 is 2.76 bits per heavy atom. The van der Waals surface area contributed by atoms with Crippen molar-refractivity contribution in [3.63, 3.8) is 0 Å². The van der Waals surface area contributed by atoms with E-state index >= 15 is 0 Å². The molecule has 0 saturated carbocycles. The highest BCUT2D eigenvalue weighted by Crippen LogP contribution is 2.28. The summed E-state index contributed by atoms with van der Waals surface area (Å²) < 4.78 is 23.3. The molecule has 0 amide bonds. The van der Waals surface area contributed by atoms with E-state index in [1.165, 1.54) is 0 Å². The summed E-state index contributed by atoms with van der Waals surface area (Å²) in [5, 5.41) is 0.878. The van der Waals surface area contributed by atoms with Crippen LogP contribution in [0.2, 0.25) is 0 Å². The standard InChI is InChI=1S/C13H17N5O2S/c1-18(9-6-7-21(19,20)8-9)12-10-4-2-3-5-11(10)15-13(16-12)17-14/h2-5,9H,6-8,14H2,1H3,(H,15,16,17). The average molecular weight is 307 g/mol. The van der Waals surface area contributed by atoms with E-state index in [-0.39, 0.29) is 17.5 Å². The number of anilines is 2. The summed E-state index contributed by atoms with van der Waals surface area (Å²) in [7, 11) is -1.08. The van der Waals surface area contributed by atoms with E-state index < -0.39 is 9.84 Å². The van der Waals surface area contributed by atoms with Gasteiger partial charge in [-0.25, -0.2) is 19.2 Å². The first-order valence-electron chi connectivity index (χ1n) is 6.67. The smallest absolute Gasteiger partial charge is 0.239 e. The van der Waals surface area contributed by atoms with Crippen LogP contribution in [0.3, 0.4) is 0 Å². The van der Waals surface area contributed by atoms with Crippen molar-refractivity contribution < 1.29 is 8.42 Å². The number of sulfone groups is 1. The van der Waals surface area contributed by atoms with Gasteiger partial charge in [-0.15, -0.1) is 0 Å². The van der Waals surface area contributed by atoms with E-state index in [9.17, 15) is 8.42 Å². The van der Waals surface area contributed by atoms with E-state index in [0.717, 1.165) is 10.9 Å². The molecule has 1 saturated heterocycles. The van der Waals surface area contributed by atoms with E-state index in [2.05, 4.69) is 15.4 Å². The van der Waals surface area contributed by atoms with Crippen LogP contribution in [-0.4, -0.2) is 43.0 Å². The van der Waals surface area contributed by atoms with E-state index in [1.54, 1.807) is 0 Å². The third kappa shape index (κ3) is 2.64. The van der Waals surface area contributed by atoms with Gasteiger partial charge in [-0.1, -0.05) is 12.1 Å². The van der Waals surface area contributed by atoms with Gasteiger partial charge in [0.25, 0.3) is 0 Å². The van der Waals surface area contributed by atoms with Gasteiger partial charge in [0.1, 0.15) is 5.82 Å². The van der Waals surface area contributed by atoms with Gasteiger partial charge in [-0.2, -0.15) is 4.98 Å². The summed E-state index contributed by atoms with van der Waals surface area (Å²) >= 11 is 0. The van der Waals surface area contributed by atoms with Gasteiger partial charge in [0.2, 0.25) is 5.95 Å². The normalized spacial score (nSPS) is 20.6. The Bertz CT molecular complexity index is 777. The van der Waals surface area contributed by atoms with Crippen LogP contribution in [0.4, 0.5) is 11.8 Å². The molecule has 1 aliphatic heterocycles. The van der Waals surface area contributed by atoms with Crippen molar-refractivity contribution in [3.8, 4) is 0 Å². The van der Waals surface area contributed by atoms with Crippen LogP contribution in [0, 0.1) is 0 Å². The number of nitrogen functional groups attached to an aromatic ring is 1. The van der Waals surface area contributed by atoms with Gasteiger partial charge in [-0.3, -0.25) is 5.43 Å². The number of benzene rings is 1. The molecule has 3 N–H and O–H groups in total. The molecule has 2 aromatic rings. The second kappa shape index (κ2) is 5.12. The fraction of sp³-hybridized carbons (Fsp3) is 0.385. The lowest BCUT2D eigenvalue weighted by Gasteiger charge is -2.25. The van der Waals surface area contributed by atoms with E-state index in [0.29, 0.717) is 18.2 Å². The van der Waals surface area contributed by atoms with Crippen LogP contribution in [0.25, 0.3) is 10.9 Å². The Balaban J connectivity index is 2.06. The molecular weight excluding hydrogens is 290 g/mol. The van der Waals surface area contributed by atoms with Crippen LogP contribution in [-0.2, 0) is 9.84 Å². The fourth-order valence-electron chi connectivity index (χ4n) is 2.65. The largest absolute Gasteiger partial charge is 0.355 e. The van der Waals surface area contributed by atoms with Gasteiger partial charge in [0.05, 0.1) is 17.0 Å². The molecule has 0 bridgehead atoms. The number of rotatable bonds is 3. The number of fused-ring (bicyclic) bond motifs is 1. The summed E-state index contributed by atoms with van der Waals surface area (Å²) in [6.07, 6.45) is 0.614. The molecule has 1 atom stereocenters. The number of nitrogens with two attached hydrogens (primary N) is 1. The first-order chi connectivity index (χ1) is 10.00. The van der Waals surface area contributed by atoms with Crippen LogP contribution in [0.15, 0.2) is 24.3 Å². The first kappa shape index (κ1) is 14.0. The first-order valence-corrected chi connectivity index (χ1v) is 8.49. The SMILES string of the molecule is CN(c1nc(NN)nc2ccccc12)C1CCS(=O)(=O)C1. The maximum atomic E-state index is 11.7. The van der Waals surface area contributed by atoms with Gasteiger partial charge >= 0.3 is 0 Å². The zero-order valence-corrected chi connectivity index (χ0v) is 12.5. The third-order valence-electron chi connectivity index (χ3n) is 3.80. The summed E-state index contributed by atoms with van der Waals surface area (Å²) in [4.78, 5) is 10.6. The monoisotopic (exact) mass is 307 g/mol. The lowest BCUT2D eigenvalue weighted by atomic mass is 10.2. The number of aromatic nitrogens is 2. The van der Waals surface area contributed by atoms with Crippen LogP contribution in [0.1, 0.15) is 6.42 Å². The predicted molar refractivity (Wildman–Crippen MR) is 82.8 cm³/mol. The van der Waals surface area contributed by atoms with E-state index in [1.807, 2.05) is 36.2 Å². The Morgan fingerprint density at radius 2 is 2.10 bits per heavy atom. The molecule has 21 heavy (non-hydrogen) atoms. The number of nitrogens with one attached hydrogen (secondary N) is 1. The average Bonchev–Trinajstić information content (AvgIpc) is 2.85. The molecule has 0 radical (unpaired) electrons. The highest BCUT2D eigenvalue weighted by molar-refractivity contribution is 7.91. The zero-order valence-electron chi connectivity index (χ0n) is 11.7. The van der Waals surface area contributed by atoms with Crippen molar-refractivity contribution in [2.75, 3.05) is 28.9 Å². The maximum Gasteiger partial charge on any atom is 0.239 e. The molecule has 3 rings (SSSR count). The highest BCUT2D eigenvalue weighted by Gasteiger charge is 2.32. The summed E-state index contributed by atoms with van der Waals surface area (Å²) in [6, 6.07) is 7.52. The second-order valence-electron chi connectivity index (χ2n) is 5.20. The molecule has 112 valence electrons. The number of hydrogen-bond acceptors (Lipinski definition) is 7. The molecule has 1 unspecified atom stereocenters. The van der Waals surface area contributed by atoms with Gasteiger partial charge < -0.3 is 4.90 Å². The topological polar surface area (TPSA) is 101 Å². The van der Waals surface area contributed by atoms with Crippen molar-refractivity contribution in [1.82, 2.24) is 9.97 Å². The Kier molecular flexibility index (Phi) is 3.42. The number of nitrogens with zero attached hydrogens (tertiary/aromatic N) is 3. The summed E-state index contributed by atoms with van der Waals surface area (Å²) in [5.41, 5.74) is 3.22. The van der Waals surface area contributed by atoms with Gasteiger partial charge in [-0.05, 0) is 18.6 Å². The summed E-state index contributed by atoms with van der Waals surface area (Å²) in [5.74, 6) is 6.81. The minimum absolute atomic E-state index is 0.0704. The lowest BCUT2D eigenvalue weighted by Crippen LogP contribution is -2.33. The molecule has 0 spiro atoms. The molecular formula is C13H17N5O2S. The number of hydrazine groups is 1. The molecule has 1 fully saturated rings. The van der Waals surface area contributed by atoms with Crippen LogP contribution in [0.5, 0.6) is 0 Å². The maximum absolute atomic E-state index is 11.7. The Labute approximate surface area is 123 Å². The van der Waals surface area contributed by atoms with Crippen molar-refractivity contribution >= 4 is 32.5 Å². The molecule has 2 heterocycles. The minimum Gasteiger partial charge on any atom is -0.355 e. The molecule has 7 nitrogen and oxygen atoms in total. The lowest BCUT2D eigenvalue weighted by molar-refractivity contribution is 0.600. The number of para-hydroxylation sites is 1. The number of hydrogen-bond donors (Lipinski definition) is 2. The second-order valence-corrected chi connectivity index (χ2v) is 7.43. The Hall–Kier alpha value is -1.93. The van der Waals surface area contributed by atoms with Crippen molar-refractivity contribution in [2.24, 2.45) is 5.84 Å². The zero-order chi connectivity index (χ0) is 15.0. The molecule has 8 heteroatoms. The van der Waals surface area contributed by atoms with Crippen molar-refractivity contribution in [1.29, 1.82) is 0 Å². The van der Waals surface area contributed by atoms with Crippen molar-refractivity contribution in [3.05, 3.63) is 24.3 Å². The summed E-state index contributed by atoms with van der Waals surface area (Å²) in [6.45, 7) is 0. The Morgan fingerprint density at radius 1 is 1.33 bits per heavy atom. The van der Waals surface area contributed by atoms with Gasteiger partial charge in [0.15, 0.2) is 9.84 Å². The third-order valence-corrected chi connectivity index (χ3v) is 5.55. The van der Waals surface area contributed by atoms with Gasteiger partial charge in [0, 0.05) is 18.5 Å². The van der Waals surface area contributed by atoms with Crippen LogP contribution < -0.4 is 16.2 Å². The molecule has 1 aliphatic rings. The highest BCUT2D eigenvalue weighted by atomic mass is 32.2. The van der Waals surface area contributed by atoms with E-state index in [4.69, 9.17) is 5.84 Å².